The van der Waals surface area contributed by atoms with E-state index >= 15 is 0 Å². The predicted octanol–water partition coefficient (Wildman–Crippen LogP) is 4.28. The number of carbonyl (C=O) groups is 1. The molecule has 0 unspecified atom stereocenters. The first-order chi connectivity index (χ1) is 16.3. The number of sulfonamides is 1. The predicted molar refractivity (Wildman–Crippen MR) is 139 cm³/mol. The molecule has 3 rings (SSSR count). The number of unbranched alkanes of at least 4 members (excludes halogenated alkanes) is 1. The van der Waals surface area contributed by atoms with Crippen molar-refractivity contribution in [1.29, 1.82) is 0 Å². The highest BCUT2D eigenvalue weighted by molar-refractivity contribution is 7.92. The van der Waals surface area contributed by atoms with E-state index in [0.717, 1.165) is 50.3 Å². The van der Waals surface area contributed by atoms with Gasteiger partial charge in [-0.3, -0.25) is 9.52 Å². The lowest BCUT2D eigenvalue weighted by molar-refractivity contribution is 0.0763. The Morgan fingerprint density at radius 1 is 1.09 bits per heavy atom. The van der Waals surface area contributed by atoms with Gasteiger partial charge in [0, 0.05) is 50.6 Å². The Bertz CT molecular complexity index is 1060. The van der Waals surface area contributed by atoms with E-state index in [1.807, 2.05) is 30.0 Å². The topological polar surface area (TPSA) is 81.8 Å². The van der Waals surface area contributed by atoms with Crippen LogP contribution in [0, 0.1) is 0 Å². The molecular formula is C26H38N4O3S. The zero-order valence-corrected chi connectivity index (χ0v) is 21.6. The average molecular weight is 487 g/mol. The normalized spacial score (nSPS) is 14.3. The summed E-state index contributed by atoms with van der Waals surface area (Å²) in [6.07, 6.45) is 1.94. The van der Waals surface area contributed by atoms with Gasteiger partial charge in [-0.1, -0.05) is 39.3 Å². The van der Waals surface area contributed by atoms with Gasteiger partial charge >= 0.3 is 0 Å². The molecule has 1 amide bonds. The minimum atomic E-state index is -3.77. The van der Waals surface area contributed by atoms with Gasteiger partial charge in [0.25, 0.3) is 15.9 Å². The van der Waals surface area contributed by atoms with Crippen LogP contribution in [0.1, 0.15) is 62.4 Å². The molecule has 0 atom stereocenters. The Hall–Kier alpha value is -2.58. The van der Waals surface area contributed by atoms with E-state index in [2.05, 4.69) is 35.7 Å². The first kappa shape index (κ1) is 26.0. The lowest BCUT2D eigenvalue weighted by Gasteiger charge is -2.32. The first-order valence-electron chi connectivity index (χ1n) is 12.3. The molecule has 2 aromatic rings. The fraction of sp³-hybridized carbons (Fsp3) is 0.500. The smallest absolute Gasteiger partial charge is 0.261 e. The van der Waals surface area contributed by atoms with Crippen molar-refractivity contribution in [3.05, 3.63) is 53.6 Å². The molecular weight excluding hydrogens is 448 g/mol. The van der Waals surface area contributed by atoms with Gasteiger partial charge < -0.3 is 15.1 Å². The summed E-state index contributed by atoms with van der Waals surface area (Å²) in [5.74, 6) is 0.261. The number of piperazine rings is 1. The van der Waals surface area contributed by atoms with E-state index in [1.165, 1.54) is 0 Å². The molecule has 34 heavy (non-hydrogen) atoms. The Morgan fingerprint density at radius 2 is 1.76 bits per heavy atom. The van der Waals surface area contributed by atoms with Crippen LogP contribution in [0.15, 0.2) is 47.4 Å². The van der Waals surface area contributed by atoms with Crippen LogP contribution in [0.25, 0.3) is 0 Å². The molecule has 1 aliphatic rings. The van der Waals surface area contributed by atoms with Crippen LogP contribution in [0.2, 0.25) is 0 Å². The summed E-state index contributed by atoms with van der Waals surface area (Å²) in [6, 6.07) is 12.2. The van der Waals surface area contributed by atoms with E-state index in [1.54, 1.807) is 24.3 Å². The summed E-state index contributed by atoms with van der Waals surface area (Å²) in [5, 5.41) is 3.34. The van der Waals surface area contributed by atoms with Crippen molar-refractivity contribution < 1.29 is 13.2 Å². The minimum absolute atomic E-state index is 0.0631. The third-order valence-electron chi connectivity index (χ3n) is 6.24. The van der Waals surface area contributed by atoms with Crippen LogP contribution in [-0.4, -0.2) is 58.5 Å². The maximum Gasteiger partial charge on any atom is 0.261 e. The van der Waals surface area contributed by atoms with Gasteiger partial charge in [0.1, 0.15) is 0 Å². The first-order valence-corrected chi connectivity index (χ1v) is 13.8. The fourth-order valence-electron chi connectivity index (χ4n) is 4.12. The summed E-state index contributed by atoms with van der Waals surface area (Å²) in [4.78, 5) is 17.8. The second-order valence-corrected chi connectivity index (χ2v) is 10.7. The number of benzene rings is 2. The molecule has 186 valence electrons. The lowest BCUT2D eigenvalue weighted by atomic mass is 10.0. The molecule has 0 aliphatic carbocycles. The van der Waals surface area contributed by atoms with Crippen LogP contribution in [0.3, 0.4) is 0 Å². The van der Waals surface area contributed by atoms with Crippen molar-refractivity contribution in [3.8, 4) is 0 Å². The van der Waals surface area contributed by atoms with Crippen molar-refractivity contribution in [2.75, 3.05) is 48.9 Å². The van der Waals surface area contributed by atoms with Crippen molar-refractivity contribution in [1.82, 2.24) is 10.2 Å². The lowest BCUT2D eigenvalue weighted by Crippen LogP contribution is -2.44. The van der Waals surface area contributed by atoms with Gasteiger partial charge in [-0.05, 0) is 55.2 Å². The van der Waals surface area contributed by atoms with E-state index in [4.69, 9.17) is 0 Å². The van der Waals surface area contributed by atoms with Gasteiger partial charge in [0.2, 0.25) is 0 Å². The highest BCUT2D eigenvalue weighted by Gasteiger charge is 2.24. The molecule has 7 nitrogen and oxygen atoms in total. The number of hydrogen-bond donors (Lipinski definition) is 2. The summed E-state index contributed by atoms with van der Waals surface area (Å²) in [7, 11) is -3.77. The molecule has 1 heterocycles. The zero-order chi connectivity index (χ0) is 24.7. The Morgan fingerprint density at radius 3 is 2.35 bits per heavy atom. The summed E-state index contributed by atoms with van der Waals surface area (Å²) < 4.78 is 28.8. The minimum Gasteiger partial charge on any atom is -0.368 e. The van der Waals surface area contributed by atoms with Gasteiger partial charge in [-0.2, -0.15) is 0 Å². The Kier molecular flexibility index (Phi) is 8.97. The maximum atomic E-state index is 13.5. The highest BCUT2D eigenvalue weighted by Crippen LogP contribution is 2.28. The van der Waals surface area contributed by atoms with E-state index in [-0.39, 0.29) is 10.8 Å². The van der Waals surface area contributed by atoms with Crippen LogP contribution in [-0.2, 0) is 10.0 Å². The monoisotopic (exact) mass is 486 g/mol. The van der Waals surface area contributed by atoms with Crippen LogP contribution in [0.4, 0.5) is 11.4 Å². The molecule has 2 N–H and O–H groups in total. The number of hydrogen-bond acceptors (Lipinski definition) is 5. The molecule has 1 saturated heterocycles. The Balaban J connectivity index is 1.93. The summed E-state index contributed by atoms with van der Waals surface area (Å²) >= 11 is 0. The second-order valence-electron chi connectivity index (χ2n) is 9.04. The molecule has 1 fully saturated rings. The highest BCUT2D eigenvalue weighted by atomic mass is 32.2. The van der Waals surface area contributed by atoms with E-state index in [0.29, 0.717) is 30.3 Å². The molecule has 0 radical (unpaired) electrons. The number of rotatable bonds is 10. The van der Waals surface area contributed by atoms with Crippen molar-refractivity contribution >= 4 is 27.3 Å². The number of carbonyl (C=O) groups excluding carboxylic acids is 1. The maximum absolute atomic E-state index is 13.5. The van der Waals surface area contributed by atoms with Gasteiger partial charge in [0.05, 0.1) is 10.5 Å². The molecule has 0 bridgehead atoms. The molecule has 8 heteroatoms. The largest absolute Gasteiger partial charge is 0.368 e. The van der Waals surface area contributed by atoms with Crippen LogP contribution < -0.4 is 14.9 Å². The second kappa shape index (κ2) is 11.7. The molecule has 0 spiro atoms. The van der Waals surface area contributed by atoms with Gasteiger partial charge in [-0.15, -0.1) is 0 Å². The SMILES string of the molecule is CCCCN(CC)C(=O)c1cc(NS(=O)(=O)c2ccc(C(C)C)cc2)ccc1N1CCNCC1. The number of nitrogens with one attached hydrogen (secondary N) is 2. The van der Waals surface area contributed by atoms with Crippen molar-refractivity contribution in [3.63, 3.8) is 0 Å². The number of amides is 1. The molecule has 0 saturated carbocycles. The van der Waals surface area contributed by atoms with Gasteiger partial charge in [0.15, 0.2) is 0 Å². The van der Waals surface area contributed by atoms with Gasteiger partial charge in [-0.25, -0.2) is 8.42 Å². The van der Waals surface area contributed by atoms with Crippen molar-refractivity contribution in [2.24, 2.45) is 0 Å². The third-order valence-corrected chi connectivity index (χ3v) is 7.64. The Labute approximate surface area is 204 Å². The van der Waals surface area contributed by atoms with Crippen molar-refractivity contribution in [2.45, 2.75) is 51.3 Å². The molecule has 2 aromatic carbocycles. The third kappa shape index (κ3) is 6.30. The number of nitrogens with zero attached hydrogens (tertiary/aromatic N) is 2. The molecule has 0 aromatic heterocycles. The standard InChI is InChI=1S/C26H38N4O3S/c1-5-7-16-29(6-2)26(31)24-19-22(10-13-25(24)30-17-14-27-15-18-30)28-34(32,33)23-11-8-21(9-12-23)20(3)4/h8-13,19-20,27-28H,5-7,14-18H2,1-4H3. The fourth-order valence-corrected chi connectivity index (χ4v) is 5.17. The molecule has 1 aliphatic heterocycles. The average Bonchev–Trinajstić information content (AvgIpc) is 2.84. The van der Waals surface area contributed by atoms with Crippen LogP contribution >= 0.6 is 0 Å². The van der Waals surface area contributed by atoms with Crippen LogP contribution in [0.5, 0.6) is 0 Å². The summed E-state index contributed by atoms with van der Waals surface area (Å²) in [5.41, 5.74) is 2.86. The quantitative estimate of drug-likeness (QED) is 0.524. The number of anilines is 2. The zero-order valence-electron chi connectivity index (χ0n) is 20.8. The van der Waals surface area contributed by atoms with E-state index < -0.39 is 10.0 Å². The summed E-state index contributed by atoms with van der Waals surface area (Å²) in [6.45, 7) is 12.8. The van der Waals surface area contributed by atoms with E-state index in [9.17, 15) is 13.2 Å².